The Hall–Kier alpha value is -2.25. The Labute approximate surface area is 164 Å². The van der Waals surface area contributed by atoms with Crippen molar-refractivity contribution in [1.29, 1.82) is 0 Å². The molecule has 2 N–H and O–H groups in total. The van der Waals surface area contributed by atoms with Crippen LogP contribution in [0.2, 0.25) is 0 Å². The van der Waals surface area contributed by atoms with Gasteiger partial charge in [-0.05, 0) is 56.3 Å². The zero-order valence-electron chi connectivity index (χ0n) is 16.6. The summed E-state index contributed by atoms with van der Waals surface area (Å²) in [6.45, 7) is 4.55. The molecule has 1 unspecified atom stereocenters. The zero-order valence-corrected chi connectivity index (χ0v) is 16.6. The number of carboxylic acids is 1. The van der Waals surface area contributed by atoms with E-state index in [-0.39, 0.29) is 12.3 Å². The second-order valence-corrected chi connectivity index (χ2v) is 8.95. The molecule has 8 heteroatoms. The first-order chi connectivity index (χ1) is 13.5. The summed E-state index contributed by atoms with van der Waals surface area (Å²) < 4.78 is 5.86. The minimum atomic E-state index is -0.815. The normalized spacial score (nSPS) is 23.0. The largest absolute Gasteiger partial charge is 0.481 e. The van der Waals surface area contributed by atoms with Crippen LogP contribution < -0.4 is 0 Å². The van der Waals surface area contributed by atoms with Crippen molar-refractivity contribution < 1.29 is 14.4 Å². The van der Waals surface area contributed by atoms with Crippen LogP contribution >= 0.6 is 0 Å². The molecule has 0 amide bonds. The molecular weight excluding hydrogens is 358 g/mol. The molecule has 0 aliphatic heterocycles. The van der Waals surface area contributed by atoms with Gasteiger partial charge in [0.2, 0.25) is 0 Å². The van der Waals surface area contributed by atoms with Crippen LogP contribution in [0.25, 0.3) is 0 Å². The van der Waals surface area contributed by atoms with Crippen LogP contribution in [0.5, 0.6) is 0 Å². The van der Waals surface area contributed by atoms with Crippen LogP contribution in [-0.4, -0.2) is 36.9 Å². The van der Waals surface area contributed by atoms with Crippen LogP contribution in [-0.2, 0) is 11.2 Å². The molecule has 28 heavy (non-hydrogen) atoms. The Kier molecular flexibility index (Phi) is 5.46. The first-order valence-corrected chi connectivity index (χ1v) is 10.4. The maximum atomic E-state index is 11.5. The van der Waals surface area contributed by atoms with Gasteiger partial charge in [-0.25, -0.2) is 0 Å². The average molecular weight is 387 g/mol. The Morgan fingerprint density at radius 2 is 2.07 bits per heavy atom. The van der Waals surface area contributed by atoms with Crippen molar-refractivity contribution in [1.82, 2.24) is 25.8 Å². The fraction of sp³-hybridized carbons (Fsp3) is 0.750. The van der Waals surface area contributed by atoms with Gasteiger partial charge in [-0.15, -0.1) is 10.2 Å². The number of tetrazole rings is 1. The standard InChI is InChI=1S/C20H29N5O3/c1-11(2)7-12-8-15(9-12)20-18(13-3-4-13)19(23-28-20)14(10-17(26)27)5-6-16-21-24-25-22-16/h11-15H,3-10H2,1-2H3,(H,26,27)(H,21,22,24,25). The molecule has 2 aliphatic rings. The van der Waals surface area contributed by atoms with Gasteiger partial charge in [-0.2, -0.15) is 5.21 Å². The molecule has 8 nitrogen and oxygen atoms in total. The molecule has 4 rings (SSSR count). The second kappa shape index (κ2) is 8.01. The van der Waals surface area contributed by atoms with E-state index >= 15 is 0 Å². The lowest BCUT2D eigenvalue weighted by molar-refractivity contribution is -0.137. The molecule has 2 aliphatic carbocycles. The monoisotopic (exact) mass is 387 g/mol. The molecule has 152 valence electrons. The summed E-state index contributed by atoms with van der Waals surface area (Å²) in [7, 11) is 0. The predicted octanol–water partition coefficient (Wildman–Crippen LogP) is 3.80. The van der Waals surface area contributed by atoms with E-state index in [0.29, 0.717) is 30.5 Å². The van der Waals surface area contributed by atoms with Crippen LogP contribution in [0.3, 0.4) is 0 Å². The highest BCUT2D eigenvalue weighted by molar-refractivity contribution is 5.68. The van der Waals surface area contributed by atoms with Crippen LogP contribution in [0.1, 0.15) is 99.4 Å². The van der Waals surface area contributed by atoms with E-state index in [0.717, 1.165) is 36.1 Å². The zero-order chi connectivity index (χ0) is 19.7. The number of aliphatic carboxylic acids is 1. The number of hydrogen-bond donors (Lipinski definition) is 2. The number of hydrogen-bond acceptors (Lipinski definition) is 6. The summed E-state index contributed by atoms with van der Waals surface area (Å²) in [6.07, 6.45) is 7.13. The van der Waals surface area contributed by atoms with Gasteiger partial charge < -0.3 is 9.63 Å². The summed E-state index contributed by atoms with van der Waals surface area (Å²) >= 11 is 0. The average Bonchev–Trinajstić information content (AvgIpc) is 3.14. The Bertz CT molecular complexity index is 791. The van der Waals surface area contributed by atoms with Crippen LogP contribution in [0, 0.1) is 11.8 Å². The first kappa shape index (κ1) is 19.1. The number of carboxylic acid groups (broad SMARTS) is 1. The third-order valence-corrected chi connectivity index (χ3v) is 6.09. The van der Waals surface area contributed by atoms with Crippen molar-refractivity contribution in [3.63, 3.8) is 0 Å². The molecule has 0 radical (unpaired) electrons. The summed E-state index contributed by atoms with van der Waals surface area (Å²) in [6, 6.07) is 0. The molecule has 0 aromatic carbocycles. The van der Waals surface area contributed by atoms with E-state index in [1.807, 2.05) is 0 Å². The van der Waals surface area contributed by atoms with E-state index in [4.69, 9.17) is 4.52 Å². The molecule has 2 saturated carbocycles. The predicted molar refractivity (Wildman–Crippen MR) is 101 cm³/mol. The van der Waals surface area contributed by atoms with Crippen LogP contribution in [0.15, 0.2) is 4.52 Å². The number of rotatable bonds is 10. The fourth-order valence-electron chi connectivity index (χ4n) is 4.64. The van der Waals surface area contributed by atoms with Crippen molar-refractivity contribution in [3.8, 4) is 0 Å². The molecule has 2 heterocycles. The molecule has 0 bridgehead atoms. The summed E-state index contributed by atoms with van der Waals surface area (Å²) in [4.78, 5) is 11.5. The van der Waals surface area contributed by atoms with Gasteiger partial charge in [-0.3, -0.25) is 4.79 Å². The SMILES string of the molecule is CC(C)CC1CC(c2onc(C(CCc3nn[nH]n3)CC(=O)O)c2C2CC2)C1. The lowest BCUT2D eigenvalue weighted by Gasteiger charge is -2.35. The number of H-pyrrole nitrogens is 1. The molecular formula is C20H29N5O3. The van der Waals surface area contributed by atoms with Gasteiger partial charge in [0, 0.05) is 23.8 Å². The molecule has 2 fully saturated rings. The van der Waals surface area contributed by atoms with Crippen LogP contribution in [0.4, 0.5) is 0 Å². The molecule has 2 aromatic rings. The number of nitrogens with zero attached hydrogens (tertiary/aromatic N) is 4. The smallest absolute Gasteiger partial charge is 0.304 e. The molecule has 0 spiro atoms. The van der Waals surface area contributed by atoms with Crippen molar-refractivity contribution in [3.05, 3.63) is 22.8 Å². The highest BCUT2D eigenvalue weighted by Gasteiger charge is 2.41. The lowest BCUT2D eigenvalue weighted by atomic mass is 9.69. The maximum absolute atomic E-state index is 11.5. The minimum absolute atomic E-state index is 0.0458. The van der Waals surface area contributed by atoms with Crippen molar-refractivity contribution >= 4 is 5.97 Å². The van der Waals surface area contributed by atoms with Crippen molar-refractivity contribution in [2.45, 2.75) is 83.0 Å². The number of aromatic nitrogens is 5. The topological polar surface area (TPSA) is 118 Å². The fourth-order valence-corrected chi connectivity index (χ4v) is 4.64. The van der Waals surface area contributed by atoms with E-state index in [9.17, 15) is 9.90 Å². The molecule has 2 aromatic heterocycles. The summed E-state index contributed by atoms with van der Waals surface area (Å²) in [5, 5.41) is 27.8. The van der Waals surface area contributed by atoms with Gasteiger partial charge >= 0.3 is 5.97 Å². The Morgan fingerprint density at radius 1 is 1.29 bits per heavy atom. The van der Waals surface area contributed by atoms with E-state index < -0.39 is 5.97 Å². The van der Waals surface area contributed by atoms with Crippen molar-refractivity contribution in [2.75, 3.05) is 0 Å². The Morgan fingerprint density at radius 3 is 2.68 bits per heavy atom. The Balaban J connectivity index is 1.51. The second-order valence-electron chi connectivity index (χ2n) is 8.95. The van der Waals surface area contributed by atoms with Crippen molar-refractivity contribution in [2.24, 2.45) is 11.8 Å². The quantitative estimate of drug-likeness (QED) is 0.636. The number of nitrogens with one attached hydrogen (secondary N) is 1. The van der Waals surface area contributed by atoms with Gasteiger partial charge in [0.15, 0.2) is 5.82 Å². The van der Waals surface area contributed by atoms with Gasteiger partial charge in [0.05, 0.1) is 12.1 Å². The highest BCUT2D eigenvalue weighted by Crippen LogP contribution is 2.52. The van der Waals surface area contributed by atoms with Gasteiger partial charge in [0.1, 0.15) is 5.76 Å². The van der Waals surface area contributed by atoms with Gasteiger partial charge in [0.25, 0.3) is 0 Å². The third kappa shape index (κ3) is 4.25. The number of aryl methyl sites for hydroxylation is 1. The first-order valence-electron chi connectivity index (χ1n) is 10.4. The molecule has 0 saturated heterocycles. The molecule has 1 atom stereocenters. The van der Waals surface area contributed by atoms with E-state index in [2.05, 4.69) is 39.6 Å². The summed E-state index contributed by atoms with van der Waals surface area (Å²) in [5.41, 5.74) is 2.07. The number of aromatic amines is 1. The lowest BCUT2D eigenvalue weighted by Crippen LogP contribution is -2.23. The van der Waals surface area contributed by atoms with E-state index in [1.165, 1.54) is 24.8 Å². The number of carbonyl (C=O) groups is 1. The maximum Gasteiger partial charge on any atom is 0.304 e. The third-order valence-electron chi connectivity index (χ3n) is 6.09. The van der Waals surface area contributed by atoms with E-state index in [1.54, 1.807) is 0 Å². The van der Waals surface area contributed by atoms with Gasteiger partial charge in [-0.1, -0.05) is 24.2 Å². The minimum Gasteiger partial charge on any atom is -0.481 e. The summed E-state index contributed by atoms with van der Waals surface area (Å²) in [5.74, 6) is 3.07. The highest BCUT2D eigenvalue weighted by atomic mass is 16.5.